The normalized spacial score (nSPS) is 10.9. The Balaban J connectivity index is 1.64. The first-order chi connectivity index (χ1) is 13.9. The molecule has 0 aliphatic carbocycles. The molecule has 0 bridgehead atoms. The molecule has 0 aliphatic heterocycles. The molecule has 0 aliphatic rings. The molecule has 0 radical (unpaired) electrons. The molecule has 0 aromatic heterocycles. The van der Waals surface area contributed by atoms with Crippen LogP contribution in [0.25, 0.3) is 0 Å². The van der Waals surface area contributed by atoms with Crippen molar-refractivity contribution in [2.24, 2.45) is 5.10 Å². The number of halogens is 2. The van der Waals surface area contributed by atoms with Crippen molar-refractivity contribution in [1.29, 1.82) is 0 Å². The van der Waals surface area contributed by atoms with Gasteiger partial charge in [0.25, 0.3) is 5.69 Å². The first-order valence-corrected chi connectivity index (χ1v) is 10.2. The largest absolute Gasteiger partial charge is 0.487 e. The van der Waals surface area contributed by atoms with E-state index in [1.807, 2.05) is 24.3 Å². The van der Waals surface area contributed by atoms with Gasteiger partial charge in [0.15, 0.2) is 0 Å². The highest BCUT2D eigenvalue weighted by Gasteiger charge is 2.09. The minimum Gasteiger partial charge on any atom is -0.487 e. The van der Waals surface area contributed by atoms with E-state index >= 15 is 0 Å². The van der Waals surface area contributed by atoms with Crippen LogP contribution in [0.2, 0.25) is 0 Å². The third-order valence-electron chi connectivity index (χ3n) is 4.01. The summed E-state index contributed by atoms with van der Waals surface area (Å²) in [6.45, 7) is 2.52. The summed E-state index contributed by atoms with van der Waals surface area (Å²) in [5.41, 5.74) is 6.69. The molecule has 0 amide bonds. The van der Waals surface area contributed by atoms with Crippen LogP contribution in [0, 0.1) is 17.0 Å². The number of nitro groups is 1. The van der Waals surface area contributed by atoms with Gasteiger partial charge in [0, 0.05) is 12.1 Å². The van der Waals surface area contributed by atoms with Gasteiger partial charge in [-0.25, -0.2) is 0 Å². The van der Waals surface area contributed by atoms with Gasteiger partial charge in [-0.05, 0) is 74.2 Å². The molecule has 0 fully saturated rings. The first kappa shape index (κ1) is 21.0. The van der Waals surface area contributed by atoms with E-state index in [-0.39, 0.29) is 5.69 Å². The molecule has 6 nitrogen and oxygen atoms in total. The van der Waals surface area contributed by atoms with Gasteiger partial charge in [-0.2, -0.15) is 5.10 Å². The molecule has 148 valence electrons. The molecule has 0 unspecified atom stereocenters. The van der Waals surface area contributed by atoms with Gasteiger partial charge in [-0.1, -0.05) is 29.8 Å². The lowest BCUT2D eigenvalue weighted by Crippen LogP contribution is -1.98. The smallest absolute Gasteiger partial charge is 0.269 e. The third-order valence-corrected chi connectivity index (χ3v) is 5.19. The molecule has 3 aromatic carbocycles. The van der Waals surface area contributed by atoms with Crippen LogP contribution in [-0.2, 0) is 6.61 Å². The Morgan fingerprint density at radius 1 is 1.07 bits per heavy atom. The molecular weight excluding hydrogens is 502 g/mol. The van der Waals surface area contributed by atoms with Crippen LogP contribution in [0.1, 0.15) is 16.7 Å². The number of nitrogens with one attached hydrogen (secondary N) is 1. The number of hydrazone groups is 1. The molecule has 0 atom stereocenters. The Kier molecular flexibility index (Phi) is 7.00. The third kappa shape index (κ3) is 5.88. The zero-order valence-electron chi connectivity index (χ0n) is 15.4. The maximum atomic E-state index is 10.7. The lowest BCUT2D eigenvalue weighted by atomic mass is 10.2. The van der Waals surface area contributed by atoms with Gasteiger partial charge in [-0.15, -0.1) is 0 Å². The van der Waals surface area contributed by atoms with Crippen LogP contribution < -0.4 is 10.2 Å². The Morgan fingerprint density at radius 3 is 2.28 bits per heavy atom. The summed E-state index contributed by atoms with van der Waals surface area (Å²) in [6, 6.07) is 18.0. The minimum absolute atomic E-state index is 0.0358. The standard InChI is InChI=1S/C21H17Br2N3O3/c1-14-2-4-15(5-3-14)13-29-21-19(22)10-16(11-20(21)23)12-24-25-17-6-8-18(9-7-17)26(27)28/h2-12,25H,13H2,1H3/b24-12+. The van der Waals surface area contributed by atoms with Crippen molar-refractivity contribution in [3.05, 3.63) is 96.4 Å². The van der Waals surface area contributed by atoms with Crippen molar-refractivity contribution in [3.8, 4) is 5.75 Å². The number of rotatable bonds is 7. The monoisotopic (exact) mass is 517 g/mol. The van der Waals surface area contributed by atoms with E-state index in [4.69, 9.17) is 4.74 Å². The fourth-order valence-corrected chi connectivity index (χ4v) is 3.92. The molecule has 29 heavy (non-hydrogen) atoms. The Hall–Kier alpha value is -2.71. The van der Waals surface area contributed by atoms with E-state index in [1.54, 1.807) is 18.3 Å². The number of nitrogens with zero attached hydrogens (tertiary/aromatic N) is 2. The highest BCUT2D eigenvalue weighted by atomic mass is 79.9. The number of anilines is 1. The average molecular weight is 519 g/mol. The maximum Gasteiger partial charge on any atom is 0.269 e. The molecular formula is C21H17Br2N3O3. The number of ether oxygens (including phenoxy) is 1. The van der Waals surface area contributed by atoms with E-state index in [0.717, 1.165) is 20.1 Å². The van der Waals surface area contributed by atoms with Crippen LogP contribution >= 0.6 is 31.9 Å². The molecule has 8 heteroatoms. The number of hydrogen-bond donors (Lipinski definition) is 1. The summed E-state index contributed by atoms with van der Waals surface area (Å²) in [5.74, 6) is 0.714. The van der Waals surface area contributed by atoms with Crippen molar-refractivity contribution < 1.29 is 9.66 Å². The van der Waals surface area contributed by atoms with Gasteiger partial charge >= 0.3 is 0 Å². The van der Waals surface area contributed by atoms with Gasteiger partial charge in [-0.3, -0.25) is 15.5 Å². The summed E-state index contributed by atoms with van der Waals surface area (Å²) in [5, 5.41) is 14.9. The Morgan fingerprint density at radius 2 is 1.69 bits per heavy atom. The lowest BCUT2D eigenvalue weighted by molar-refractivity contribution is -0.384. The number of benzene rings is 3. The Bertz CT molecular complexity index is 1010. The van der Waals surface area contributed by atoms with Crippen LogP contribution in [0.5, 0.6) is 5.75 Å². The fourth-order valence-electron chi connectivity index (χ4n) is 2.47. The summed E-state index contributed by atoms with van der Waals surface area (Å²) in [6.07, 6.45) is 1.65. The van der Waals surface area contributed by atoms with Crippen LogP contribution in [0.4, 0.5) is 11.4 Å². The molecule has 0 saturated heterocycles. The van der Waals surface area contributed by atoms with E-state index in [1.165, 1.54) is 17.7 Å². The van der Waals surface area contributed by atoms with Crippen molar-refractivity contribution in [3.63, 3.8) is 0 Å². The maximum absolute atomic E-state index is 10.7. The molecule has 3 aromatic rings. The van der Waals surface area contributed by atoms with Crippen LogP contribution in [-0.4, -0.2) is 11.1 Å². The second-order valence-electron chi connectivity index (χ2n) is 6.26. The second-order valence-corrected chi connectivity index (χ2v) is 7.97. The van der Waals surface area contributed by atoms with E-state index in [0.29, 0.717) is 18.0 Å². The van der Waals surface area contributed by atoms with Crippen LogP contribution in [0.3, 0.4) is 0 Å². The zero-order chi connectivity index (χ0) is 20.8. The molecule has 0 spiro atoms. The van der Waals surface area contributed by atoms with Crippen molar-refractivity contribution in [2.45, 2.75) is 13.5 Å². The molecule has 3 rings (SSSR count). The van der Waals surface area contributed by atoms with E-state index in [2.05, 4.69) is 61.4 Å². The predicted octanol–water partition coefficient (Wildman–Crippen LogP) is 6.45. The summed E-state index contributed by atoms with van der Waals surface area (Å²) < 4.78 is 7.55. The van der Waals surface area contributed by atoms with Crippen molar-refractivity contribution >= 4 is 49.4 Å². The lowest BCUT2D eigenvalue weighted by Gasteiger charge is -2.11. The minimum atomic E-state index is -0.440. The van der Waals surface area contributed by atoms with Gasteiger partial charge in [0.05, 0.1) is 25.8 Å². The predicted molar refractivity (Wildman–Crippen MR) is 122 cm³/mol. The number of hydrogen-bond acceptors (Lipinski definition) is 5. The zero-order valence-corrected chi connectivity index (χ0v) is 18.6. The van der Waals surface area contributed by atoms with Gasteiger partial charge in [0.1, 0.15) is 12.4 Å². The molecule has 0 saturated carbocycles. The summed E-state index contributed by atoms with van der Waals surface area (Å²) in [7, 11) is 0. The molecule has 1 N–H and O–H groups in total. The number of non-ortho nitro benzene ring substituents is 1. The SMILES string of the molecule is Cc1ccc(COc2c(Br)cc(/C=N/Nc3ccc([N+](=O)[O-])cc3)cc2Br)cc1. The van der Waals surface area contributed by atoms with E-state index < -0.39 is 4.92 Å². The fraction of sp³-hybridized carbons (Fsp3) is 0.0952. The van der Waals surface area contributed by atoms with Crippen LogP contribution in [0.15, 0.2) is 74.7 Å². The average Bonchev–Trinajstić information content (AvgIpc) is 2.69. The van der Waals surface area contributed by atoms with Crippen molar-refractivity contribution in [1.82, 2.24) is 0 Å². The second kappa shape index (κ2) is 9.67. The summed E-state index contributed by atoms with van der Waals surface area (Å²) in [4.78, 5) is 10.2. The topological polar surface area (TPSA) is 76.8 Å². The molecule has 0 heterocycles. The number of aryl methyl sites for hydroxylation is 1. The highest BCUT2D eigenvalue weighted by molar-refractivity contribution is 9.11. The number of nitro benzene ring substituents is 1. The first-order valence-electron chi connectivity index (χ1n) is 8.63. The highest BCUT2D eigenvalue weighted by Crippen LogP contribution is 2.35. The summed E-state index contributed by atoms with van der Waals surface area (Å²) >= 11 is 7.08. The van der Waals surface area contributed by atoms with Gasteiger partial charge < -0.3 is 4.74 Å². The quantitative estimate of drug-likeness (QED) is 0.221. The Labute approximate surface area is 185 Å². The van der Waals surface area contributed by atoms with Gasteiger partial charge in [0.2, 0.25) is 0 Å². The van der Waals surface area contributed by atoms with Crippen molar-refractivity contribution in [2.75, 3.05) is 5.43 Å². The van der Waals surface area contributed by atoms with E-state index in [9.17, 15) is 10.1 Å².